The minimum Gasteiger partial charge on any atom is -0.495 e. The fraction of sp³-hybridized carbons (Fsp3) is 0.761. The number of allylic oxidation sites excluding steroid dienone is 5. The molecule has 4 heteroatoms. The normalized spacial score (nSPS) is 47.6. The van der Waals surface area contributed by atoms with Crippen LogP contribution in [0.2, 0.25) is 0 Å². The van der Waals surface area contributed by atoms with E-state index in [-0.39, 0.29) is 10.8 Å². The lowest BCUT2D eigenvalue weighted by molar-refractivity contribution is -0.117. The van der Waals surface area contributed by atoms with Gasteiger partial charge in [0.2, 0.25) is 0 Å². The van der Waals surface area contributed by atoms with Crippen LogP contribution < -0.4 is 0 Å². The van der Waals surface area contributed by atoms with Crippen molar-refractivity contribution in [1.82, 2.24) is 0 Å². The Labute approximate surface area is 302 Å². The lowest BCUT2D eigenvalue weighted by atomic mass is 9.49. The highest BCUT2D eigenvalue weighted by Gasteiger charge is 2.64. The molecule has 270 valence electrons. The molecule has 0 unspecified atom stereocenters. The Hall–Kier alpha value is -2.27. The van der Waals surface area contributed by atoms with Gasteiger partial charge in [0.25, 0.3) is 0 Å². The SMILES string of the molecule is C#C[C@]1(O)CC[C@H]2[C@@H]3CC=C4C=C(OC5CCCC5)CC[C@@H]4[C@H]3CC[C@@]21C.C#C[C@]1(O)CC[C@H]2[C@@H]3CCC4=CC(=O)CC[C@@H]4[C@H]3CC[C@@]21CC. The maximum absolute atomic E-state index is 11.8. The van der Waals surface area contributed by atoms with E-state index in [1.807, 2.05) is 6.08 Å². The van der Waals surface area contributed by atoms with E-state index in [1.54, 1.807) is 5.57 Å². The summed E-state index contributed by atoms with van der Waals surface area (Å²) in [6.45, 7) is 4.49. The van der Waals surface area contributed by atoms with Crippen molar-refractivity contribution in [2.24, 2.45) is 58.2 Å². The zero-order valence-electron chi connectivity index (χ0n) is 30.9. The van der Waals surface area contributed by atoms with Crippen LogP contribution in [0, 0.1) is 82.9 Å². The van der Waals surface area contributed by atoms with Crippen LogP contribution in [0.4, 0.5) is 0 Å². The van der Waals surface area contributed by atoms with Gasteiger partial charge >= 0.3 is 0 Å². The molecule has 0 aromatic heterocycles. The smallest absolute Gasteiger partial charge is 0.155 e. The number of aliphatic hydroxyl groups is 2. The molecule has 0 aromatic rings. The summed E-state index contributed by atoms with van der Waals surface area (Å²) in [5.41, 5.74) is 1.04. The van der Waals surface area contributed by atoms with E-state index in [4.69, 9.17) is 17.6 Å². The summed E-state index contributed by atoms with van der Waals surface area (Å²) in [6.07, 6.45) is 40.9. The summed E-state index contributed by atoms with van der Waals surface area (Å²) < 4.78 is 6.33. The molecule has 0 amide bonds. The van der Waals surface area contributed by atoms with Crippen molar-refractivity contribution in [3.63, 3.8) is 0 Å². The predicted octanol–water partition coefficient (Wildman–Crippen LogP) is 9.26. The van der Waals surface area contributed by atoms with Crippen LogP contribution >= 0.6 is 0 Å². The van der Waals surface area contributed by atoms with Crippen LogP contribution in [0.25, 0.3) is 0 Å². The van der Waals surface area contributed by atoms with Crippen molar-refractivity contribution in [2.75, 3.05) is 0 Å². The Balaban J connectivity index is 0.000000146. The minimum atomic E-state index is -0.893. The molecule has 9 aliphatic carbocycles. The molecule has 9 aliphatic rings. The minimum absolute atomic E-state index is 0.0609. The van der Waals surface area contributed by atoms with Crippen molar-refractivity contribution >= 4 is 5.78 Å². The number of ketones is 1. The second-order valence-corrected chi connectivity index (χ2v) is 18.5. The summed E-state index contributed by atoms with van der Waals surface area (Å²) in [4.78, 5) is 11.8. The molecule has 0 heterocycles. The number of hydrogen-bond donors (Lipinski definition) is 2. The van der Waals surface area contributed by atoms with Gasteiger partial charge in [-0.15, -0.1) is 12.8 Å². The summed E-state index contributed by atoms with van der Waals surface area (Å²) in [5, 5.41) is 22.2. The molecule has 4 nitrogen and oxygen atoms in total. The van der Waals surface area contributed by atoms with Crippen LogP contribution in [0.1, 0.15) is 142 Å². The van der Waals surface area contributed by atoms with Gasteiger partial charge in [-0.3, -0.25) is 4.79 Å². The first-order valence-corrected chi connectivity index (χ1v) is 20.8. The van der Waals surface area contributed by atoms with E-state index in [0.29, 0.717) is 53.3 Å². The molecular formula is C46H62O4. The van der Waals surface area contributed by atoms with Crippen molar-refractivity contribution in [3.05, 3.63) is 35.1 Å². The van der Waals surface area contributed by atoms with Gasteiger partial charge in [-0.25, -0.2) is 0 Å². The fourth-order valence-electron chi connectivity index (χ4n) is 14.5. The summed E-state index contributed by atoms with van der Waals surface area (Å²) in [7, 11) is 0. The molecular weight excluding hydrogens is 617 g/mol. The van der Waals surface area contributed by atoms with Gasteiger partial charge in [-0.05, 0) is 181 Å². The quantitative estimate of drug-likeness (QED) is 0.292. The largest absolute Gasteiger partial charge is 0.495 e. The standard InChI is InChI=1S/C25H34O2.C21H28O2/c1-3-25(26)15-13-23-22-10-8-17-16-19(27-18-6-4-5-7-18)9-11-20(17)21(22)12-14-24(23,25)2;1-3-20-11-9-17-16-8-6-15(22)13-14(16)5-7-18(17)19(20)10-12-21(20,23)4-2/h1,8,16,18,20-23,26H,4-7,9-15H2,2H3;2,13,16-19,23H,3,5-12H2,1H3/t20-,21+,22+,23-,24-,25-;16-,17+,18+,19-,20-,21-/m00/s1. The second kappa shape index (κ2) is 13.0. The van der Waals surface area contributed by atoms with Gasteiger partial charge in [0, 0.05) is 23.7 Å². The van der Waals surface area contributed by atoms with Crippen molar-refractivity contribution in [3.8, 4) is 24.7 Å². The lowest BCUT2D eigenvalue weighted by Gasteiger charge is -2.55. The Morgan fingerprint density at radius 2 is 1.46 bits per heavy atom. The number of hydrogen-bond acceptors (Lipinski definition) is 4. The lowest BCUT2D eigenvalue weighted by Crippen LogP contribution is -2.53. The van der Waals surface area contributed by atoms with E-state index in [0.717, 1.165) is 83.0 Å². The van der Waals surface area contributed by atoms with Gasteiger partial charge in [0.05, 0.1) is 11.9 Å². The maximum atomic E-state index is 11.8. The van der Waals surface area contributed by atoms with E-state index >= 15 is 0 Å². The fourth-order valence-corrected chi connectivity index (χ4v) is 14.5. The zero-order valence-corrected chi connectivity index (χ0v) is 30.9. The van der Waals surface area contributed by atoms with Gasteiger partial charge in [0.15, 0.2) is 5.78 Å². The first-order chi connectivity index (χ1) is 24.1. The average molecular weight is 679 g/mol. The van der Waals surface area contributed by atoms with Gasteiger partial charge in [-0.1, -0.05) is 37.3 Å². The van der Waals surface area contributed by atoms with Gasteiger partial charge < -0.3 is 14.9 Å². The Bertz CT molecular complexity index is 1530. The number of carbonyl (C=O) groups is 1. The third kappa shape index (κ3) is 5.27. The molecule has 2 N–H and O–H groups in total. The summed E-state index contributed by atoms with van der Waals surface area (Å²) in [6, 6.07) is 0. The maximum Gasteiger partial charge on any atom is 0.155 e. The third-order valence-electron chi connectivity index (χ3n) is 17.1. The highest BCUT2D eigenvalue weighted by molar-refractivity contribution is 5.91. The highest BCUT2D eigenvalue weighted by atomic mass is 16.5. The van der Waals surface area contributed by atoms with Crippen LogP contribution in [0.5, 0.6) is 0 Å². The number of terminal acetylenes is 2. The van der Waals surface area contributed by atoms with E-state index < -0.39 is 11.2 Å². The topological polar surface area (TPSA) is 66.8 Å². The van der Waals surface area contributed by atoms with E-state index in [9.17, 15) is 15.0 Å². The van der Waals surface area contributed by atoms with Crippen LogP contribution in [0.3, 0.4) is 0 Å². The van der Waals surface area contributed by atoms with Gasteiger partial charge in [-0.2, -0.15) is 0 Å². The monoisotopic (exact) mass is 678 g/mol. The van der Waals surface area contributed by atoms with Crippen molar-refractivity contribution < 1.29 is 19.7 Å². The van der Waals surface area contributed by atoms with Crippen molar-refractivity contribution in [2.45, 2.75) is 160 Å². The molecule has 6 saturated carbocycles. The first-order valence-electron chi connectivity index (χ1n) is 20.8. The van der Waals surface area contributed by atoms with Gasteiger partial charge in [0.1, 0.15) is 11.2 Å². The average Bonchev–Trinajstić information content (AvgIpc) is 3.83. The highest BCUT2D eigenvalue weighted by Crippen LogP contribution is 2.67. The Kier molecular flexibility index (Phi) is 9.04. The summed E-state index contributed by atoms with van der Waals surface area (Å²) >= 11 is 0. The molecule has 50 heavy (non-hydrogen) atoms. The molecule has 0 saturated heterocycles. The van der Waals surface area contributed by atoms with Crippen molar-refractivity contribution in [1.29, 1.82) is 0 Å². The molecule has 0 aliphatic heterocycles. The number of ether oxygens (including phenoxy) is 1. The molecule has 0 bridgehead atoms. The molecule has 0 aromatic carbocycles. The van der Waals surface area contributed by atoms with Crippen LogP contribution in [-0.2, 0) is 9.53 Å². The Morgan fingerprint density at radius 1 is 0.760 bits per heavy atom. The number of rotatable bonds is 3. The third-order valence-corrected chi connectivity index (χ3v) is 17.1. The van der Waals surface area contributed by atoms with Crippen LogP contribution in [0.15, 0.2) is 35.1 Å². The molecule has 0 spiro atoms. The van der Waals surface area contributed by atoms with E-state index in [2.05, 4.69) is 37.8 Å². The zero-order chi connectivity index (χ0) is 34.9. The van der Waals surface area contributed by atoms with Crippen LogP contribution in [-0.4, -0.2) is 33.3 Å². The van der Waals surface area contributed by atoms with E-state index in [1.165, 1.54) is 62.7 Å². The first kappa shape index (κ1) is 34.8. The number of fused-ring (bicyclic) bond motifs is 10. The number of carbonyl (C=O) groups excluding carboxylic acids is 1. The predicted molar refractivity (Wildman–Crippen MR) is 198 cm³/mol. The molecule has 0 radical (unpaired) electrons. The Morgan fingerprint density at radius 3 is 2.22 bits per heavy atom. The molecule has 9 rings (SSSR count). The summed E-state index contributed by atoms with van der Waals surface area (Å²) in [5.74, 6) is 12.5. The molecule has 6 fully saturated rings. The molecule has 12 atom stereocenters. The second-order valence-electron chi connectivity index (χ2n) is 18.5.